The Morgan fingerprint density at radius 1 is 1.39 bits per heavy atom. The van der Waals surface area contributed by atoms with Crippen LogP contribution in [0.5, 0.6) is 5.75 Å². The number of benzene rings is 1. The Hall–Kier alpha value is -0.480. The first kappa shape index (κ1) is 13.9. The highest BCUT2D eigenvalue weighted by atomic mass is 35.5. The van der Waals surface area contributed by atoms with Crippen molar-refractivity contribution in [2.24, 2.45) is 5.73 Å². The molecule has 100 valence electrons. The van der Waals surface area contributed by atoms with Crippen LogP contribution in [0.4, 0.5) is 0 Å². The average Bonchev–Trinajstić information content (AvgIpc) is 2.32. The van der Waals surface area contributed by atoms with Crippen LogP contribution in [-0.4, -0.2) is 37.2 Å². The van der Waals surface area contributed by atoms with Crippen molar-refractivity contribution in [3.05, 3.63) is 28.2 Å². The minimum absolute atomic E-state index is 0.304. The quantitative estimate of drug-likeness (QED) is 0.926. The van der Waals surface area contributed by atoms with E-state index < -0.39 is 0 Å². The van der Waals surface area contributed by atoms with Gasteiger partial charge >= 0.3 is 0 Å². The van der Waals surface area contributed by atoms with E-state index in [1.807, 2.05) is 0 Å². The minimum Gasteiger partial charge on any atom is -0.491 e. The van der Waals surface area contributed by atoms with Gasteiger partial charge in [0.2, 0.25) is 0 Å². The van der Waals surface area contributed by atoms with Crippen LogP contribution in [0.3, 0.4) is 0 Å². The fourth-order valence-electron chi connectivity index (χ4n) is 2.17. The first-order valence-electron chi connectivity index (χ1n) is 6.21. The van der Waals surface area contributed by atoms with Crippen molar-refractivity contribution in [1.82, 2.24) is 4.90 Å². The Balaban J connectivity index is 1.77. The summed E-state index contributed by atoms with van der Waals surface area (Å²) >= 11 is 11.9. The van der Waals surface area contributed by atoms with E-state index in [2.05, 4.69) is 4.90 Å². The van der Waals surface area contributed by atoms with Crippen LogP contribution >= 0.6 is 23.2 Å². The summed E-state index contributed by atoms with van der Waals surface area (Å²) in [5, 5.41) is 1.17. The summed E-state index contributed by atoms with van der Waals surface area (Å²) in [4.78, 5) is 2.33. The average molecular weight is 289 g/mol. The summed E-state index contributed by atoms with van der Waals surface area (Å²) in [6.07, 6.45) is 2.29. The molecule has 3 nitrogen and oxygen atoms in total. The van der Waals surface area contributed by atoms with Crippen molar-refractivity contribution in [3.8, 4) is 5.75 Å². The van der Waals surface area contributed by atoms with Crippen LogP contribution in [0.2, 0.25) is 10.0 Å². The van der Waals surface area contributed by atoms with Gasteiger partial charge in [0.15, 0.2) is 0 Å². The number of nitrogens with zero attached hydrogens (tertiary/aromatic N) is 1. The summed E-state index contributed by atoms with van der Waals surface area (Å²) in [5.41, 5.74) is 5.93. The highest BCUT2D eigenvalue weighted by Gasteiger charge is 2.16. The zero-order valence-corrected chi connectivity index (χ0v) is 11.8. The number of hydrogen-bond acceptors (Lipinski definition) is 3. The van der Waals surface area contributed by atoms with Crippen LogP contribution in [0, 0.1) is 0 Å². The lowest BCUT2D eigenvalue weighted by Gasteiger charge is -2.30. The van der Waals surface area contributed by atoms with E-state index in [9.17, 15) is 0 Å². The zero-order chi connectivity index (χ0) is 13.0. The van der Waals surface area contributed by atoms with E-state index in [-0.39, 0.29) is 0 Å². The number of hydrogen-bond donors (Lipinski definition) is 1. The number of halogens is 2. The van der Waals surface area contributed by atoms with Crippen molar-refractivity contribution in [3.63, 3.8) is 0 Å². The topological polar surface area (TPSA) is 38.5 Å². The summed E-state index contributed by atoms with van der Waals surface area (Å²) in [6.45, 7) is 3.56. The molecule has 1 heterocycles. The molecule has 0 bridgehead atoms. The van der Waals surface area contributed by atoms with Crippen LogP contribution in [-0.2, 0) is 0 Å². The second-order valence-corrected chi connectivity index (χ2v) is 5.47. The molecule has 0 spiro atoms. The second-order valence-electron chi connectivity index (χ2n) is 4.63. The number of rotatable bonds is 4. The Labute approximate surface area is 118 Å². The van der Waals surface area contributed by atoms with Gasteiger partial charge in [0.1, 0.15) is 12.4 Å². The van der Waals surface area contributed by atoms with Gasteiger partial charge in [-0.05, 0) is 37.6 Å². The highest BCUT2D eigenvalue weighted by Crippen LogP contribution is 2.27. The molecule has 1 aliphatic rings. The standard InChI is InChI=1S/C13H18Cl2N2O/c14-10-3-4-13(12(15)8-10)18-7-6-17-5-1-2-11(16)9-17/h3-4,8,11H,1-2,5-7,9,16H2/t11-/m1/s1. The van der Waals surface area contributed by atoms with Crippen molar-refractivity contribution >= 4 is 23.2 Å². The van der Waals surface area contributed by atoms with Crippen LogP contribution < -0.4 is 10.5 Å². The summed E-state index contributed by atoms with van der Waals surface area (Å²) in [5.74, 6) is 0.683. The van der Waals surface area contributed by atoms with Gasteiger partial charge in [-0.2, -0.15) is 0 Å². The van der Waals surface area contributed by atoms with E-state index >= 15 is 0 Å². The molecular weight excluding hydrogens is 271 g/mol. The highest BCUT2D eigenvalue weighted by molar-refractivity contribution is 6.35. The molecule has 1 saturated heterocycles. The molecule has 2 N–H and O–H groups in total. The zero-order valence-electron chi connectivity index (χ0n) is 10.2. The summed E-state index contributed by atoms with van der Waals surface area (Å²) < 4.78 is 5.66. The molecule has 1 atom stereocenters. The molecular formula is C13H18Cl2N2O. The number of nitrogens with two attached hydrogens (primary N) is 1. The fourth-order valence-corrected chi connectivity index (χ4v) is 2.63. The van der Waals surface area contributed by atoms with Crippen molar-refractivity contribution in [2.45, 2.75) is 18.9 Å². The van der Waals surface area contributed by atoms with Crippen LogP contribution in [0.25, 0.3) is 0 Å². The van der Waals surface area contributed by atoms with E-state index in [1.165, 1.54) is 6.42 Å². The maximum atomic E-state index is 6.03. The van der Waals surface area contributed by atoms with Crippen molar-refractivity contribution < 1.29 is 4.74 Å². The smallest absolute Gasteiger partial charge is 0.138 e. The van der Waals surface area contributed by atoms with Gasteiger partial charge < -0.3 is 10.5 Å². The van der Waals surface area contributed by atoms with Crippen LogP contribution in [0.15, 0.2) is 18.2 Å². The molecule has 0 unspecified atom stereocenters. The number of ether oxygens (including phenoxy) is 1. The Morgan fingerprint density at radius 3 is 2.94 bits per heavy atom. The summed E-state index contributed by atoms with van der Waals surface area (Å²) in [6, 6.07) is 5.57. The lowest BCUT2D eigenvalue weighted by Crippen LogP contribution is -2.44. The Morgan fingerprint density at radius 2 is 2.22 bits per heavy atom. The maximum Gasteiger partial charge on any atom is 0.138 e. The van der Waals surface area contributed by atoms with Gasteiger partial charge in [0.05, 0.1) is 5.02 Å². The lowest BCUT2D eigenvalue weighted by molar-refractivity contribution is 0.171. The fraction of sp³-hybridized carbons (Fsp3) is 0.538. The number of likely N-dealkylation sites (tertiary alicyclic amines) is 1. The molecule has 0 aliphatic carbocycles. The van der Waals surface area contributed by atoms with Gasteiger partial charge in [0, 0.05) is 24.2 Å². The molecule has 0 radical (unpaired) electrons. The molecule has 0 aromatic heterocycles. The second kappa shape index (κ2) is 6.62. The van der Waals surface area contributed by atoms with Gasteiger partial charge in [-0.25, -0.2) is 0 Å². The molecule has 1 aromatic carbocycles. The minimum atomic E-state index is 0.304. The molecule has 2 rings (SSSR count). The third-order valence-electron chi connectivity index (χ3n) is 3.10. The van der Waals surface area contributed by atoms with Crippen molar-refractivity contribution in [1.29, 1.82) is 0 Å². The summed E-state index contributed by atoms with van der Waals surface area (Å²) in [7, 11) is 0. The predicted octanol–water partition coefficient (Wildman–Crippen LogP) is 2.80. The maximum absolute atomic E-state index is 6.03. The van der Waals surface area contributed by atoms with E-state index in [4.69, 9.17) is 33.7 Å². The molecule has 0 amide bonds. The molecule has 5 heteroatoms. The van der Waals surface area contributed by atoms with Crippen LogP contribution in [0.1, 0.15) is 12.8 Å². The third-order valence-corrected chi connectivity index (χ3v) is 3.63. The molecule has 1 aliphatic heterocycles. The molecule has 0 saturated carbocycles. The Bertz CT molecular complexity index is 401. The Kier molecular flexibility index (Phi) is 5.13. The lowest BCUT2D eigenvalue weighted by atomic mass is 10.1. The monoisotopic (exact) mass is 288 g/mol. The molecule has 1 fully saturated rings. The van der Waals surface area contributed by atoms with Gasteiger partial charge in [-0.3, -0.25) is 4.90 Å². The van der Waals surface area contributed by atoms with Gasteiger partial charge in [0.25, 0.3) is 0 Å². The molecule has 18 heavy (non-hydrogen) atoms. The van der Waals surface area contributed by atoms with Gasteiger partial charge in [-0.1, -0.05) is 23.2 Å². The predicted molar refractivity (Wildman–Crippen MR) is 75.6 cm³/mol. The van der Waals surface area contributed by atoms with Crippen molar-refractivity contribution in [2.75, 3.05) is 26.2 Å². The van der Waals surface area contributed by atoms with E-state index in [0.717, 1.165) is 26.1 Å². The largest absolute Gasteiger partial charge is 0.491 e. The third kappa shape index (κ3) is 4.02. The van der Waals surface area contributed by atoms with E-state index in [0.29, 0.717) is 28.4 Å². The number of piperidine rings is 1. The van der Waals surface area contributed by atoms with Gasteiger partial charge in [-0.15, -0.1) is 0 Å². The normalized spacial score (nSPS) is 20.9. The SMILES string of the molecule is N[C@@H]1CCCN(CCOc2ccc(Cl)cc2Cl)C1. The first-order chi connectivity index (χ1) is 8.65. The first-order valence-corrected chi connectivity index (χ1v) is 6.96. The molecule has 1 aromatic rings. The van der Waals surface area contributed by atoms with E-state index in [1.54, 1.807) is 18.2 Å².